The van der Waals surface area contributed by atoms with Gasteiger partial charge in [-0.3, -0.25) is 9.55 Å². The fourth-order valence-electron chi connectivity index (χ4n) is 5.43. The zero-order valence-corrected chi connectivity index (χ0v) is 22.5. The molecule has 0 aliphatic carbocycles. The van der Waals surface area contributed by atoms with Crippen LogP contribution in [0.15, 0.2) is 140 Å². The van der Waals surface area contributed by atoms with Gasteiger partial charge in [0.05, 0.1) is 33.5 Å². The van der Waals surface area contributed by atoms with Crippen molar-refractivity contribution in [3.8, 4) is 62.4 Å². The lowest BCUT2D eigenvalue weighted by Gasteiger charge is -2.15. The van der Waals surface area contributed by atoms with E-state index in [0.29, 0.717) is 17.0 Å². The monoisotopic (exact) mass is 540 g/mol. The first-order chi connectivity index (χ1) is 20.7. The first kappa shape index (κ1) is 25.0. The van der Waals surface area contributed by atoms with Crippen LogP contribution in [0.1, 0.15) is 5.56 Å². The first-order valence-corrected chi connectivity index (χ1v) is 13.6. The number of hydrogen-bond donors (Lipinski definition) is 1. The maximum atomic E-state index is 11.0. The highest BCUT2D eigenvalue weighted by molar-refractivity contribution is 5.97. The van der Waals surface area contributed by atoms with Gasteiger partial charge in [0.15, 0.2) is 0 Å². The maximum absolute atomic E-state index is 11.0. The molecule has 7 aromatic rings. The molecule has 42 heavy (non-hydrogen) atoms. The van der Waals surface area contributed by atoms with E-state index in [2.05, 4.69) is 64.2 Å². The van der Waals surface area contributed by atoms with Gasteiger partial charge in [0, 0.05) is 22.9 Å². The summed E-state index contributed by atoms with van der Waals surface area (Å²) in [5.74, 6) is 0.825. The number of nitriles is 1. The maximum Gasteiger partial charge on any atom is 0.149 e. The number of aromatic hydroxyl groups is 1. The number of pyridine rings is 1. The van der Waals surface area contributed by atoms with Crippen molar-refractivity contribution in [1.29, 1.82) is 5.26 Å². The molecule has 0 aliphatic heterocycles. The Morgan fingerprint density at radius 2 is 1.31 bits per heavy atom. The summed E-state index contributed by atoms with van der Waals surface area (Å²) in [5.41, 5.74) is 9.76. The summed E-state index contributed by atoms with van der Waals surface area (Å²) in [6.45, 7) is 0. The molecular weight excluding hydrogens is 516 g/mol. The van der Waals surface area contributed by atoms with E-state index in [1.165, 1.54) is 0 Å². The highest BCUT2D eigenvalue weighted by Crippen LogP contribution is 2.39. The number of phenolic OH excluding ortho intramolecular Hbond substituents is 1. The normalized spacial score (nSPS) is 10.9. The first-order valence-electron chi connectivity index (χ1n) is 13.6. The summed E-state index contributed by atoms with van der Waals surface area (Å²) in [6, 6.07) is 46.0. The Kier molecular flexibility index (Phi) is 6.27. The number of nitrogens with zero attached hydrogens (tertiary/aromatic N) is 4. The number of aromatic nitrogens is 3. The lowest BCUT2D eigenvalue weighted by atomic mass is 10.00. The summed E-state index contributed by atoms with van der Waals surface area (Å²) in [7, 11) is 0. The van der Waals surface area contributed by atoms with E-state index >= 15 is 0 Å². The van der Waals surface area contributed by atoms with Crippen LogP contribution in [0.25, 0.3) is 61.6 Å². The molecule has 5 aromatic carbocycles. The van der Waals surface area contributed by atoms with Gasteiger partial charge in [0.25, 0.3) is 0 Å². The van der Waals surface area contributed by atoms with Gasteiger partial charge in [-0.25, -0.2) is 4.98 Å². The van der Waals surface area contributed by atoms with E-state index in [4.69, 9.17) is 10.2 Å². The minimum absolute atomic E-state index is 0.168. The zero-order valence-electron chi connectivity index (χ0n) is 22.5. The van der Waals surface area contributed by atoms with Crippen LogP contribution in [0.2, 0.25) is 0 Å². The number of rotatable bonds is 5. The second-order valence-electron chi connectivity index (χ2n) is 9.97. The Morgan fingerprint density at radius 3 is 2.10 bits per heavy atom. The fourth-order valence-corrected chi connectivity index (χ4v) is 5.43. The molecule has 0 bridgehead atoms. The predicted molar refractivity (Wildman–Crippen MR) is 167 cm³/mol. The van der Waals surface area contributed by atoms with Gasteiger partial charge in [-0.15, -0.1) is 0 Å². The summed E-state index contributed by atoms with van der Waals surface area (Å²) in [4.78, 5) is 9.70. The zero-order chi connectivity index (χ0) is 28.5. The number of fused-ring (bicyclic) bond motifs is 1. The van der Waals surface area contributed by atoms with Crippen LogP contribution in [0, 0.1) is 11.3 Å². The third-order valence-electron chi connectivity index (χ3n) is 7.42. The number of hydrogen-bond acceptors (Lipinski definition) is 4. The molecule has 0 saturated carbocycles. The Balaban J connectivity index is 1.48. The van der Waals surface area contributed by atoms with Crippen LogP contribution >= 0.6 is 0 Å². The number of imidazole rings is 1. The molecule has 0 atom stereocenters. The lowest BCUT2D eigenvalue weighted by molar-refractivity contribution is 0.477. The average molecular weight is 541 g/mol. The van der Waals surface area contributed by atoms with Gasteiger partial charge < -0.3 is 5.11 Å². The Labute approximate surface area is 243 Å². The van der Waals surface area contributed by atoms with Gasteiger partial charge in [-0.2, -0.15) is 5.26 Å². The van der Waals surface area contributed by atoms with E-state index in [1.807, 2.05) is 72.8 Å². The smallest absolute Gasteiger partial charge is 0.149 e. The van der Waals surface area contributed by atoms with Crippen molar-refractivity contribution in [1.82, 2.24) is 14.5 Å². The Hall–Kier alpha value is -5.99. The van der Waals surface area contributed by atoms with Crippen LogP contribution in [0.3, 0.4) is 0 Å². The topological polar surface area (TPSA) is 74.7 Å². The van der Waals surface area contributed by atoms with Crippen LogP contribution in [0.4, 0.5) is 0 Å². The minimum atomic E-state index is 0.168. The summed E-state index contributed by atoms with van der Waals surface area (Å²) >= 11 is 0. The van der Waals surface area contributed by atoms with Gasteiger partial charge in [0.2, 0.25) is 0 Å². The van der Waals surface area contributed by atoms with Gasteiger partial charge in [0.1, 0.15) is 17.6 Å². The summed E-state index contributed by atoms with van der Waals surface area (Å²) in [5, 5.41) is 20.1. The second kappa shape index (κ2) is 10.5. The van der Waals surface area contributed by atoms with Crippen molar-refractivity contribution < 1.29 is 5.11 Å². The highest BCUT2D eigenvalue weighted by Gasteiger charge is 2.21. The van der Waals surface area contributed by atoms with Crippen LogP contribution < -0.4 is 0 Å². The minimum Gasteiger partial charge on any atom is -0.507 e. The molecule has 0 fully saturated rings. The quantitative estimate of drug-likeness (QED) is 0.237. The lowest BCUT2D eigenvalue weighted by Crippen LogP contribution is -2.00. The fraction of sp³-hybridized carbons (Fsp3) is 0. The molecular formula is C37H24N4O. The summed E-state index contributed by atoms with van der Waals surface area (Å²) in [6.07, 6.45) is 1.59. The van der Waals surface area contributed by atoms with Crippen molar-refractivity contribution in [2.75, 3.05) is 0 Å². The van der Waals surface area contributed by atoms with E-state index < -0.39 is 0 Å². The van der Waals surface area contributed by atoms with Crippen LogP contribution in [-0.2, 0) is 0 Å². The average Bonchev–Trinajstić information content (AvgIpc) is 3.45. The van der Waals surface area contributed by atoms with E-state index in [9.17, 15) is 5.11 Å². The molecule has 0 aliphatic rings. The van der Waals surface area contributed by atoms with E-state index in [-0.39, 0.29) is 5.75 Å². The summed E-state index contributed by atoms with van der Waals surface area (Å²) < 4.78 is 2.14. The van der Waals surface area contributed by atoms with Crippen molar-refractivity contribution >= 4 is 11.0 Å². The van der Waals surface area contributed by atoms with Crippen molar-refractivity contribution in [3.05, 3.63) is 145 Å². The Bertz CT molecular complexity index is 2110. The standard InChI is InChI=1S/C37H24N4O/c38-23-25-20-21-32(39-24-25)28-13-8-12-27(22-28)30-16-9-18-34-36(30)40-37(31-15-5-7-19-35(31)42)41(34)33-17-6-4-14-29(33)26-10-2-1-3-11-26/h1-22,24,42H. The third-order valence-corrected chi connectivity index (χ3v) is 7.42. The van der Waals surface area contributed by atoms with E-state index in [0.717, 1.165) is 50.2 Å². The van der Waals surface area contributed by atoms with Gasteiger partial charge in [-0.1, -0.05) is 91.0 Å². The molecule has 0 saturated heterocycles. The third kappa shape index (κ3) is 4.38. The molecule has 0 unspecified atom stereocenters. The predicted octanol–water partition coefficient (Wildman–Crippen LogP) is 8.67. The molecule has 5 nitrogen and oxygen atoms in total. The SMILES string of the molecule is N#Cc1ccc(-c2cccc(-c3cccc4c3nc(-c3ccccc3O)n4-c3ccccc3-c3ccccc3)c2)nc1. The molecule has 0 radical (unpaired) electrons. The molecule has 0 spiro atoms. The van der Waals surface area contributed by atoms with Gasteiger partial charge in [-0.05, 0) is 53.6 Å². The molecule has 2 aromatic heterocycles. The molecule has 0 amide bonds. The van der Waals surface area contributed by atoms with Crippen molar-refractivity contribution in [3.63, 3.8) is 0 Å². The number of para-hydroxylation sites is 3. The molecule has 5 heteroatoms. The van der Waals surface area contributed by atoms with Crippen molar-refractivity contribution in [2.24, 2.45) is 0 Å². The van der Waals surface area contributed by atoms with Crippen LogP contribution in [-0.4, -0.2) is 19.6 Å². The van der Waals surface area contributed by atoms with E-state index in [1.54, 1.807) is 18.3 Å². The Morgan fingerprint density at radius 1 is 0.619 bits per heavy atom. The largest absolute Gasteiger partial charge is 0.507 e. The molecule has 2 heterocycles. The second-order valence-corrected chi connectivity index (χ2v) is 9.97. The number of benzene rings is 5. The molecule has 198 valence electrons. The number of phenols is 1. The molecule has 7 rings (SSSR count). The van der Waals surface area contributed by atoms with Crippen molar-refractivity contribution in [2.45, 2.75) is 0 Å². The van der Waals surface area contributed by atoms with Crippen LogP contribution in [0.5, 0.6) is 5.75 Å². The molecule has 1 N–H and O–H groups in total. The highest BCUT2D eigenvalue weighted by atomic mass is 16.3. The van der Waals surface area contributed by atoms with Gasteiger partial charge >= 0.3 is 0 Å².